The molecule has 0 fully saturated rings. The van der Waals surface area contributed by atoms with E-state index in [2.05, 4.69) is 0 Å². The normalized spacial score (nSPS) is 16.6. The van der Waals surface area contributed by atoms with Gasteiger partial charge in [0, 0.05) is 0 Å². The summed E-state index contributed by atoms with van der Waals surface area (Å²) in [4.78, 5) is 0. The number of hydrogen-bond donors (Lipinski definition) is 2. The Kier molecular flexibility index (Phi) is 5.89. The van der Waals surface area contributed by atoms with Crippen LogP contribution in [0.5, 0.6) is 0 Å². The zero-order chi connectivity index (χ0) is 22.7. The van der Waals surface area contributed by atoms with Gasteiger partial charge in [-0.25, -0.2) is 0 Å². The molecule has 0 aromatic heterocycles. The van der Waals surface area contributed by atoms with Crippen LogP contribution in [0.4, 0.5) is 65.9 Å². The van der Waals surface area contributed by atoms with Crippen LogP contribution in [-0.2, 0) is 10.3 Å². The Bertz CT molecular complexity index is 665. The minimum absolute atomic E-state index is 1.09. The second kappa shape index (κ2) is 6.16. The van der Waals surface area contributed by atoms with Crippen LogP contribution >= 0.6 is 0 Å². The molecule has 0 atom stereocenters. The molecular formula is C7H2F15NO3S. The number of nitrogens with one attached hydrogen (secondary N) is 1. The standard InChI is InChI=1S/C7H2F15NO3S/c8-1(9,2(10,11)4(14,15)6(18,19)20)3(12,13)5(16,17)7(21,22)23-27(24,25)26/h23H,(H,24,25,26). The van der Waals surface area contributed by atoms with Gasteiger partial charge in [0.1, 0.15) is 0 Å². The van der Waals surface area contributed by atoms with Gasteiger partial charge < -0.3 is 0 Å². The summed E-state index contributed by atoms with van der Waals surface area (Å²) in [5.41, 5.74) is 0. The fourth-order valence-electron chi connectivity index (χ4n) is 1.19. The molecule has 0 unspecified atom stereocenters. The monoisotopic (exact) mass is 465 g/mol. The molecule has 27 heavy (non-hydrogen) atoms. The van der Waals surface area contributed by atoms with Crippen LogP contribution in [0.2, 0.25) is 0 Å². The fourth-order valence-corrected chi connectivity index (χ4v) is 1.64. The van der Waals surface area contributed by atoms with Crippen molar-refractivity contribution in [2.24, 2.45) is 0 Å². The van der Waals surface area contributed by atoms with Gasteiger partial charge in [0.05, 0.1) is 0 Å². The molecule has 0 amide bonds. The molecule has 0 aliphatic heterocycles. The summed E-state index contributed by atoms with van der Waals surface area (Å²) in [6, 6.07) is -7.27. The van der Waals surface area contributed by atoms with E-state index in [1.165, 1.54) is 0 Å². The van der Waals surface area contributed by atoms with Crippen LogP contribution in [0.1, 0.15) is 0 Å². The first-order valence-electron chi connectivity index (χ1n) is 5.30. The van der Waals surface area contributed by atoms with E-state index in [1.807, 2.05) is 0 Å². The third-order valence-electron chi connectivity index (χ3n) is 2.58. The van der Waals surface area contributed by atoms with Gasteiger partial charge in [0.2, 0.25) is 0 Å². The lowest BCUT2D eigenvalue weighted by atomic mass is 9.93. The predicted molar refractivity (Wildman–Crippen MR) is 50.4 cm³/mol. The molecule has 0 spiro atoms. The van der Waals surface area contributed by atoms with Crippen molar-refractivity contribution in [3.8, 4) is 0 Å². The van der Waals surface area contributed by atoms with E-state index >= 15 is 0 Å². The summed E-state index contributed by atoms with van der Waals surface area (Å²) in [7, 11) is -6.63. The Morgan fingerprint density at radius 1 is 0.519 bits per heavy atom. The molecule has 0 aromatic rings. The fraction of sp³-hybridized carbons (Fsp3) is 1.00. The van der Waals surface area contributed by atoms with Crippen LogP contribution < -0.4 is 4.72 Å². The Morgan fingerprint density at radius 2 is 0.778 bits per heavy atom. The largest absolute Gasteiger partial charge is 0.460 e. The van der Waals surface area contributed by atoms with Gasteiger partial charge in [-0.1, -0.05) is 0 Å². The molecule has 164 valence electrons. The van der Waals surface area contributed by atoms with E-state index in [4.69, 9.17) is 4.55 Å². The van der Waals surface area contributed by atoms with Crippen LogP contribution in [0.15, 0.2) is 0 Å². The van der Waals surface area contributed by atoms with Crippen molar-refractivity contribution in [3.63, 3.8) is 0 Å². The van der Waals surface area contributed by atoms with Crippen molar-refractivity contribution in [2.75, 3.05) is 0 Å². The Balaban J connectivity index is 6.55. The van der Waals surface area contributed by atoms with Gasteiger partial charge in [-0.2, -0.15) is 74.3 Å². The maximum Gasteiger partial charge on any atom is 0.460 e. The van der Waals surface area contributed by atoms with Crippen molar-refractivity contribution in [2.45, 2.75) is 41.8 Å². The summed E-state index contributed by atoms with van der Waals surface area (Å²) >= 11 is 0. The third kappa shape index (κ3) is 3.74. The molecule has 0 aliphatic rings. The summed E-state index contributed by atoms with van der Waals surface area (Å²) in [5.74, 6) is -41.6. The van der Waals surface area contributed by atoms with Gasteiger partial charge in [0.25, 0.3) is 0 Å². The summed E-state index contributed by atoms with van der Waals surface area (Å²) in [5, 5.41) is 0. The molecule has 0 rings (SSSR count). The second-order valence-electron chi connectivity index (χ2n) is 4.52. The summed E-state index contributed by atoms with van der Waals surface area (Å²) in [6.45, 7) is 0. The molecule has 20 heteroatoms. The zero-order valence-corrected chi connectivity index (χ0v) is 12.2. The molecule has 4 nitrogen and oxygen atoms in total. The smallest absolute Gasteiger partial charge is 0.273 e. The first kappa shape index (κ1) is 25.8. The molecule has 0 aromatic carbocycles. The highest BCUT2D eigenvalue weighted by Gasteiger charge is 2.93. The van der Waals surface area contributed by atoms with E-state index in [1.54, 1.807) is 0 Å². The third-order valence-corrected chi connectivity index (χ3v) is 3.10. The van der Waals surface area contributed by atoms with E-state index in [-0.39, 0.29) is 0 Å². The van der Waals surface area contributed by atoms with Gasteiger partial charge >= 0.3 is 52.1 Å². The first-order chi connectivity index (χ1) is 11.2. The number of rotatable bonds is 7. The quantitative estimate of drug-likeness (QED) is 0.343. The Morgan fingerprint density at radius 3 is 1.04 bits per heavy atom. The molecular weight excluding hydrogens is 463 g/mol. The molecule has 0 aliphatic carbocycles. The summed E-state index contributed by atoms with van der Waals surface area (Å²) < 4.78 is 215. The lowest BCUT2D eigenvalue weighted by Gasteiger charge is -2.41. The maximum atomic E-state index is 13.0. The highest BCUT2D eigenvalue weighted by atomic mass is 32.2. The average molecular weight is 465 g/mol. The van der Waals surface area contributed by atoms with E-state index in [0.29, 0.717) is 0 Å². The SMILES string of the molecule is O=S(=O)(O)NC(F)(F)C(F)(F)C(F)(F)C(F)(F)C(F)(F)C(F)(F)C(F)(F)F. The molecule has 0 bridgehead atoms. The molecule has 0 heterocycles. The topological polar surface area (TPSA) is 66.4 Å². The Labute approximate surface area is 137 Å². The van der Waals surface area contributed by atoms with Crippen molar-refractivity contribution in [1.82, 2.24) is 4.72 Å². The second-order valence-corrected chi connectivity index (χ2v) is 5.68. The summed E-state index contributed by atoms with van der Waals surface area (Å²) in [6.07, 6.45) is -7.74. The Hall–Kier alpha value is -1.18. The van der Waals surface area contributed by atoms with Crippen LogP contribution in [0, 0.1) is 0 Å². The zero-order valence-electron chi connectivity index (χ0n) is 11.3. The molecule has 0 saturated heterocycles. The average Bonchev–Trinajstić information content (AvgIpc) is 2.33. The van der Waals surface area contributed by atoms with Gasteiger partial charge in [-0.3, -0.25) is 4.55 Å². The van der Waals surface area contributed by atoms with Crippen LogP contribution in [0.3, 0.4) is 0 Å². The van der Waals surface area contributed by atoms with Gasteiger partial charge in [-0.15, -0.1) is 4.72 Å². The van der Waals surface area contributed by atoms with E-state index < -0.39 is 56.9 Å². The van der Waals surface area contributed by atoms with Crippen molar-refractivity contribution in [3.05, 3.63) is 0 Å². The van der Waals surface area contributed by atoms with Crippen molar-refractivity contribution < 1.29 is 78.8 Å². The minimum atomic E-state index is -8.53. The maximum absolute atomic E-state index is 13.0. The number of hydrogen-bond acceptors (Lipinski definition) is 2. The van der Waals surface area contributed by atoms with Gasteiger partial charge in [0.15, 0.2) is 0 Å². The highest BCUT2D eigenvalue weighted by molar-refractivity contribution is 7.83. The minimum Gasteiger partial charge on any atom is -0.273 e. The lowest BCUT2D eigenvalue weighted by Crippen LogP contribution is -2.74. The van der Waals surface area contributed by atoms with Crippen LogP contribution in [-0.4, -0.2) is 54.8 Å². The van der Waals surface area contributed by atoms with Crippen molar-refractivity contribution >= 4 is 10.3 Å². The molecule has 0 radical (unpaired) electrons. The number of halogens is 15. The molecule has 2 N–H and O–H groups in total. The van der Waals surface area contributed by atoms with E-state index in [0.717, 1.165) is 0 Å². The van der Waals surface area contributed by atoms with Gasteiger partial charge in [-0.05, 0) is 0 Å². The number of alkyl halides is 15. The molecule has 0 saturated carbocycles. The van der Waals surface area contributed by atoms with Crippen molar-refractivity contribution in [1.29, 1.82) is 0 Å². The van der Waals surface area contributed by atoms with E-state index in [9.17, 15) is 74.3 Å². The predicted octanol–water partition coefficient (Wildman–Crippen LogP) is 3.71. The first-order valence-corrected chi connectivity index (χ1v) is 6.74. The highest BCUT2D eigenvalue weighted by Crippen LogP contribution is 2.62. The lowest BCUT2D eigenvalue weighted by molar-refractivity contribution is -0.453. The van der Waals surface area contributed by atoms with Crippen LogP contribution in [0.25, 0.3) is 0 Å².